The predicted molar refractivity (Wildman–Crippen MR) is 317 cm³/mol. The van der Waals surface area contributed by atoms with Crippen LogP contribution in [0.2, 0.25) is 0 Å². The summed E-state index contributed by atoms with van der Waals surface area (Å²) >= 11 is 0. The Morgan fingerprint density at radius 3 is 2.02 bits per heavy atom. The number of hydrogen-bond acceptors (Lipinski definition) is 13. The lowest BCUT2D eigenvalue weighted by molar-refractivity contribution is -0.147. The van der Waals surface area contributed by atoms with Crippen molar-refractivity contribution < 1.29 is 67.3 Å². The van der Waals surface area contributed by atoms with Gasteiger partial charge in [-0.05, 0) is 80.0 Å². The van der Waals surface area contributed by atoms with Crippen molar-refractivity contribution in [3.63, 3.8) is 0 Å². The number of nitrogens with one attached hydrogen (secondary N) is 6. The van der Waals surface area contributed by atoms with Crippen LogP contribution >= 0.6 is 0 Å². The molecule has 1 fully saturated rings. The number of nitrogens with two attached hydrogens (primary N) is 1. The summed E-state index contributed by atoms with van der Waals surface area (Å²) in [6.07, 6.45) is 4.33. The highest BCUT2D eigenvalue weighted by atomic mass is 16.5. The minimum Gasteiger partial charge on any atom is -0.480 e. The Hall–Kier alpha value is -7.73. The molecule has 0 saturated carbocycles. The van der Waals surface area contributed by atoms with Crippen LogP contribution in [0, 0.1) is 23.7 Å². The van der Waals surface area contributed by atoms with E-state index in [9.17, 15) is 57.8 Å². The summed E-state index contributed by atoms with van der Waals surface area (Å²) in [5.41, 5.74) is 6.27. The molecule has 0 radical (unpaired) electrons. The van der Waals surface area contributed by atoms with E-state index in [0.717, 1.165) is 10.5 Å². The topological polar surface area (TPSA) is 334 Å². The molecule has 85 heavy (non-hydrogen) atoms. The van der Waals surface area contributed by atoms with Gasteiger partial charge in [0.2, 0.25) is 35.4 Å². The van der Waals surface area contributed by atoms with Crippen molar-refractivity contribution in [3.8, 4) is 0 Å². The summed E-state index contributed by atoms with van der Waals surface area (Å²) < 4.78 is 12.0. The quantitative estimate of drug-likeness (QED) is 0.0361. The number of nitrogens with zero attached hydrogens (tertiary/aromatic N) is 3. The number of carbonyl (C=O) groups excluding carboxylic acids is 10. The molecular weight excluding hydrogens is 1100 g/mol. The molecule has 11 amide bonds. The molecule has 2 aromatic carbocycles. The Bertz CT molecular complexity index is 2650. The average Bonchev–Trinajstić information content (AvgIpc) is 4.16. The lowest BCUT2D eigenvalue weighted by Crippen LogP contribution is -2.58. The largest absolute Gasteiger partial charge is 0.480 e. The Morgan fingerprint density at radius 2 is 1.42 bits per heavy atom. The molecule has 0 aliphatic carbocycles. The number of amides is 11. The molecular formula is C61H90N10O14. The second-order valence-corrected chi connectivity index (χ2v) is 22.7. The summed E-state index contributed by atoms with van der Waals surface area (Å²) in [7, 11) is 4.54. The van der Waals surface area contributed by atoms with Crippen LogP contribution in [0.1, 0.15) is 129 Å². The van der Waals surface area contributed by atoms with Crippen molar-refractivity contribution in [1.82, 2.24) is 41.3 Å². The Kier molecular flexibility index (Phi) is 28.1. The standard InChI is InChI=1S/C61H90N10O14/c1-11-38(6)53(46(84-9)35-50(75)70-32-20-26-45(70)54(85-10)39(7)55(76)66-44(60(81)82)33-40-21-14-12-15-22-40)69(8)59(80)52(37(4)5)68-56(77)41-23-18-24-42(34-41)64-57(78)43(25-19-30-63-61(62)83)65-58(79)51(36(2)3)67-47(72)27-16-13-17-31-71-48(73)28-29-49(71)74/h12,14-15,18,21-24,28-29,34,36-39,43-46,51-54H,11,13,16-17,19-20,25-27,30-33,35H2,1-10H3,(H,64,78)(H,65,79)(H,66,76)(H,67,72)(H,68,77)(H,81,82)(H3,62,63,83)/t38-,39+,43-,44-,45-,46+,51-,52-,53-,54+/m0/s1. The minimum absolute atomic E-state index is 0.0380. The monoisotopic (exact) mass is 1190 g/mol. The number of anilines is 1. The van der Waals surface area contributed by atoms with E-state index in [1.807, 2.05) is 19.9 Å². The van der Waals surface area contributed by atoms with Crippen molar-refractivity contribution in [2.24, 2.45) is 29.4 Å². The number of ether oxygens (including phenoxy) is 2. The molecule has 9 N–H and O–H groups in total. The van der Waals surface area contributed by atoms with Crippen molar-refractivity contribution >= 4 is 70.9 Å². The second-order valence-electron chi connectivity index (χ2n) is 22.7. The number of carboxylic acid groups (broad SMARTS) is 1. The van der Waals surface area contributed by atoms with Crippen molar-refractivity contribution in [1.29, 1.82) is 0 Å². The molecule has 0 unspecified atom stereocenters. The normalized spacial score (nSPS) is 17.2. The number of rotatable bonds is 35. The summed E-state index contributed by atoms with van der Waals surface area (Å²) in [6, 6.07) is 8.55. The van der Waals surface area contributed by atoms with E-state index in [-0.39, 0.29) is 80.1 Å². The number of likely N-dealkylation sites (tertiary alicyclic amines) is 1. The van der Waals surface area contributed by atoms with Crippen LogP contribution < -0.4 is 37.6 Å². The third-order valence-electron chi connectivity index (χ3n) is 15.8. The number of hydrogen-bond donors (Lipinski definition) is 8. The first-order valence-corrected chi connectivity index (χ1v) is 29.4. The van der Waals surface area contributed by atoms with E-state index in [0.29, 0.717) is 45.1 Å². The van der Waals surface area contributed by atoms with Crippen molar-refractivity contribution in [2.75, 3.05) is 46.2 Å². The van der Waals surface area contributed by atoms with E-state index in [1.165, 1.54) is 49.5 Å². The van der Waals surface area contributed by atoms with Crippen LogP contribution in [0.4, 0.5) is 10.5 Å². The molecule has 0 aromatic heterocycles. The van der Waals surface area contributed by atoms with E-state index < -0.39 is 114 Å². The molecule has 10 atom stereocenters. The molecule has 2 heterocycles. The van der Waals surface area contributed by atoms with E-state index >= 15 is 0 Å². The molecule has 2 aliphatic heterocycles. The highest BCUT2D eigenvalue weighted by molar-refractivity contribution is 6.12. The van der Waals surface area contributed by atoms with Gasteiger partial charge in [0.25, 0.3) is 17.7 Å². The number of carbonyl (C=O) groups is 11. The minimum atomic E-state index is -1.19. The van der Waals surface area contributed by atoms with Crippen LogP contribution in [-0.2, 0) is 59.0 Å². The van der Waals surface area contributed by atoms with Gasteiger partial charge in [0.05, 0.1) is 36.6 Å². The number of methoxy groups -OCH3 is 2. The lowest BCUT2D eigenvalue weighted by atomic mass is 9.89. The SMILES string of the molecule is CC[C@H](C)[C@@H]([C@@H](CC(=O)N1CCC[C@H]1[C@H](OC)[C@@H](C)C(=O)N[C@@H](Cc1ccccc1)C(=O)O)OC)N(C)C(=O)[C@@H](NC(=O)c1cccc(NC(=O)[C@H](CCCNC(N)=O)NC(=O)[C@@H](NC(=O)CCCCCN2C(=O)C=CC2=O)C(C)C)c1)C(C)C. The van der Waals surface area contributed by atoms with Gasteiger partial charge >= 0.3 is 12.0 Å². The first-order chi connectivity index (χ1) is 40.3. The van der Waals surface area contributed by atoms with Crippen LogP contribution in [0.3, 0.4) is 0 Å². The van der Waals surface area contributed by atoms with Gasteiger partial charge in [0.1, 0.15) is 24.2 Å². The number of urea groups is 1. The maximum atomic E-state index is 14.7. The number of carboxylic acids is 1. The summed E-state index contributed by atoms with van der Waals surface area (Å²) in [5.74, 6) is -7.40. The summed E-state index contributed by atoms with van der Waals surface area (Å²) in [5, 5.41) is 26.3. The van der Waals surface area contributed by atoms with E-state index in [4.69, 9.17) is 15.2 Å². The third kappa shape index (κ3) is 20.8. The summed E-state index contributed by atoms with van der Waals surface area (Å²) in [6.45, 7) is 13.3. The number of unbranched alkanes of at least 4 members (excludes halogenated alkanes) is 2. The third-order valence-corrected chi connectivity index (χ3v) is 15.8. The van der Waals surface area contributed by atoms with Crippen LogP contribution in [0.5, 0.6) is 0 Å². The number of benzene rings is 2. The van der Waals surface area contributed by atoms with Gasteiger partial charge in [0, 0.05) is 77.1 Å². The number of primary amides is 1. The Morgan fingerprint density at radius 1 is 0.765 bits per heavy atom. The predicted octanol–water partition coefficient (Wildman–Crippen LogP) is 3.67. The molecule has 468 valence electrons. The first-order valence-electron chi connectivity index (χ1n) is 29.4. The summed E-state index contributed by atoms with van der Waals surface area (Å²) in [4.78, 5) is 150. The highest BCUT2D eigenvalue weighted by Gasteiger charge is 2.43. The molecule has 24 heteroatoms. The van der Waals surface area contributed by atoms with Gasteiger partial charge in [-0.1, -0.05) is 97.7 Å². The zero-order chi connectivity index (χ0) is 63.1. The highest BCUT2D eigenvalue weighted by Crippen LogP contribution is 2.30. The fourth-order valence-corrected chi connectivity index (χ4v) is 10.8. The lowest BCUT2D eigenvalue weighted by Gasteiger charge is -2.40. The van der Waals surface area contributed by atoms with Gasteiger partial charge < -0.3 is 62.0 Å². The van der Waals surface area contributed by atoms with Crippen LogP contribution in [0.25, 0.3) is 0 Å². The van der Waals surface area contributed by atoms with Gasteiger partial charge in [0.15, 0.2) is 0 Å². The molecule has 4 rings (SSSR count). The van der Waals surface area contributed by atoms with Crippen molar-refractivity contribution in [3.05, 3.63) is 77.9 Å². The Balaban J connectivity index is 1.44. The van der Waals surface area contributed by atoms with Crippen LogP contribution in [-0.4, -0.2) is 174 Å². The Labute approximate surface area is 498 Å². The molecule has 2 aromatic rings. The number of aliphatic carboxylic acids is 1. The molecule has 0 bridgehead atoms. The van der Waals surface area contributed by atoms with Crippen LogP contribution in [0.15, 0.2) is 66.7 Å². The smallest absolute Gasteiger partial charge is 0.326 e. The zero-order valence-corrected chi connectivity index (χ0v) is 50.9. The number of likely N-dealkylation sites (N-methyl/N-ethyl adjacent to an activating group) is 1. The average molecular weight is 1190 g/mol. The maximum absolute atomic E-state index is 14.7. The number of imide groups is 1. The van der Waals surface area contributed by atoms with E-state index in [2.05, 4.69) is 31.9 Å². The second kappa shape index (κ2) is 34.3. The first kappa shape index (κ1) is 69.8. The van der Waals surface area contributed by atoms with E-state index in [1.54, 1.807) is 76.9 Å². The molecule has 1 saturated heterocycles. The van der Waals surface area contributed by atoms with Gasteiger partial charge in [-0.2, -0.15) is 0 Å². The maximum Gasteiger partial charge on any atom is 0.326 e. The molecule has 0 spiro atoms. The molecule has 24 nitrogen and oxygen atoms in total. The zero-order valence-electron chi connectivity index (χ0n) is 50.9. The van der Waals surface area contributed by atoms with Crippen molar-refractivity contribution in [2.45, 2.75) is 168 Å². The van der Waals surface area contributed by atoms with Gasteiger partial charge in [-0.15, -0.1) is 0 Å². The molecule has 2 aliphatic rings. The fraction of sp³-hybridized carbons (Fsp3) is 0.590. The van der Waals surface area contributed by atoms with Gasteiger partial charge in [-0.25, -0.2) is 9.59 Å². The van der Waals surface area contributed by atoms with Gasteiger partial charge in [-0.3, -0.25) is 48.1 Å². The fourth-order valence-electron chi connectivity index (χ4n) is 10.8.